The Balaban J connectivity index is 2.08. The summed E-state index contributed by atoms with van der Waals surface area (Å²) in [6.07, 6.45) is 0. The van der Waals surface area contributed by atoms with Crippen LogP contribution in [0.2, 0.25) is 0 Å². The summed E-state index contributed by atoms with van der Waals surface area (Å²) < 4.78 is 5.40. The van der Waals surface area contributed by atoms with Crippen molar-refractivity contribution in [3.05, 3.63) is 103 Å². The van der Waals surface area contributed by atoms with E-state index >= 15 is 0 Å². The molecular weight excluding hydrogens is 364 g/mol. The van der Waals surface area contributed by atoms with Gasteiger partial charge in [-0.2, -0.15) is 0 Å². The summed E-state index contributed by atoms with van der Waals surface area (Å²) in [4.78, 5) is 0. The van der Waals surface area contributed by atoms with Crippen LogP contribution in [-0.4, -0.2) is 7.11 Å². The lowest BCUT2D eigenvalue weighted by Crippen LogP contribution is -2.12. The molecule has 150 valence electrons. The molecule has 0 aliphatic heterocycles. The molecule has 0 N–H and O–H groups in total. The number of benzene rings is 4. The van der Waals surface area contributed by atoms with Crippen LogP contribution in [0.4, 0.5) is 0 Å². The smallest absolute Gasteiger partial charge is 0.118 e. The molecule has 0 spiro atoms. The van der Waals surface area contributed by atoms with Crippen LogP contribution in [0.15, 0.2) is 97.1 Å². The third-order valence-electron chi connectivity index (χ3n) is 5.55. The van der Waals surface area contributed by atoms with Crippen molar-refractivity contribution in [2.24, 2.45) is 0 Å². The van der Waals surface area contributed by atoms with Crippen LogP contribution < -0.4 is 4.74 Å². The lowest BCUT2D eigenvalue weighted by Gasteiger charge is -2.25. The molecule has 0 bridgehead atoms. The van der Waals surface area contributed by atoms with E-state index < -0.39 is 0 Å². The highest BCUT2D eigenvalue weighted by atomic mass is 16.5. The van der Waals surface area contributed by atoms with Crippen LogP contribution in [0.25, 0.3) is 33.4 Å². The normalized spacial score (nSPS) is 11.3. The van der Waals surface area contributed by atoms with E-state index in [1.165, 1.54) is 38.9 Å². The summed E-state index contributed by atoms with van der Waals surface area (Å²) in [5, 5.41) is 0. The van der Waals surface area contributed by atoms with E-state index in [-0.39, 0.29) is 5.41 Å². The molecule has 1 nitrogen and oxygen atoms in total. The van der Waals surface area contributed by atoms with Gasteiger partial charge in [-0.25, -0.2) is 0 Å². The first-order valence-corrected chi connectivity index (χ1v) is 10.4. The summed E-state index contributed by atoms with van der Waals surface area (Å²) in [6.45, 7) is 6.83. The molecule has 30 heavy (non-hydrogen) atoms. The Morgan fingerprint density at radius 3 is 1.43 bits per heavy atom. The van der Waals surface area contributed by atoms with Crippen molar-refractivity contribution in [2.45, 2.75) is 26.2 Å². The van der Waals surface area contributed by atoms with Crippen LogP contribution in [0.1, 0.15) is 26.3 Å². The fourth-order valence-corrected chi connectivity index (χ4v) is 3.83. The van der Waals surface area contributed by atoms with Crippen LogP contribution in [0, 0.1) is 0 Å². The van der Waals surface area contributed by atoms with Crippen molar-refractivity contribution in [1.82, 2.24) is 0 Å². The summed E-state index contributed by atoms with van der Waals surface area (Å²) in [5.74, 6) is 0.868. The molecule has 4 aromatic rings. The van der Waals surface area contributed by atoms with Gasteiger partial charge in [-0.05, 0) is 68.6 Å². The van der Waals surface area contributed by atoms with Crippen LogP contribution >= 0.6 is 0 Å². The highest BCUT2D eigenvalue weighted by molar-refractivity contribution is 5.95. The van der Waals surface area contributed by atoms with Crippen molar-refractivity contribution in [3.8, 4) is 39.1 Å². The molecule has 0 atom stereocenters. The van der Waals surface area contributed by atoms with Gasteiger partial charge < -0.3 is 4.74 Å². The first-order chi connectivity index (χ1) is 14.5. The highest BCUT2D eigenvalue weighted by Gasteiger charge is 2.21. The van der Waals surface area contributed by atoms with Gasteiger partial charge in [-0.3, -0.25) is 0 Å². The Morgan fingerprint density at radius 1 is 0.567 bits per heavy atom. The second kappa shape index (κ2) is 8.20. The van der Waals surface area contributed by atoms with Crippen molar-refractivity contribution in [1.29, 1.82) is 0 Å². The molecule has 0 aromatic heterocycles. The van der Waals surface area contributed by atoms with Gasteiger partial charge in [0.05, 0.1) is 7.11 Å². The largest absolute Gasteiger partial charge is 0.497 e. The van der Waals surface area contributed by atoms with Gasteiger partial charge in [0.1, 0.15) is 5.75 Å². The molecule has 0 saturated heterocycles. The molecular formula is C29H28O. The van der Waals surface area contributed by atoms with Gasteiger partial charge in [0.25, 0.3) is 0 Å². The number of hydrogen-bond acceptors (Lipinski definition) is 1. The van der Waals surface area contributed by atoms with Gasteiger partial charge in [-0.15, -0.1) is 0 Å². The van der Waals surface area contributed by atoms with E-state index in [0.717, 1.165) is 5.75 Å². The summed E-state index contributed by atoms with van der Waals surface area (Å²) in [5.41, 5.74) is 8.79. The second-order valence-electron chi connectivity index (χ2n) is 8.66. The lowest BCUT2D eigenvalue weighted by molar-refractivity contribution is 0.415. The average Bonchev–Trinajstić information content (AvgIpc) is 2.79. The van der Waals surface area contributed by atoms with Crippen LogP contribution in [0.5, 0.6) is 5.75 Å². The van der Waals surface area contributed by atoms with Gasteiger partial charge in [0, 0.05) is 0 Å². The predicted octanol–water partition coefficient (Wildman–Crippen LogP) is 7.99. The Labute approximate surface area is 180 Å². The summed E-state index contributed by atoms with van der Waals surface area (Å²) in [6, 6.07) is 34.5. The maximum atomic E-state index is 5.40. The number of ether oxygens (including phenoxy) is 1. The first-order valence-electron chi connectivity index (χ1n) is 10.4. The van der Waals surface area contributed by atoms with Crippen molar-refractivity contribution >= 4 is 0 Å². The zero-order chi connectivity index (χ0) is 21.1. The molecule has 0 saturated carbocycles. The van der Waals surface area contributed by atoms with Gasteiger partial charge in [-0.1, -0.05) is 93.6 Å². The van der Waals surface area contributed by atoms with E-state index in [0.29, 0.717) is 0 Å². The van der Waals surface area contributed by atoms with Crippen molar-refractivity contribution in [2.75, 3.05) is 7.11 Å². The summed E-state index contributed by atoms with van der Waals surface area (Å²) >= 11 is 0. The van der Waals surface area contributed by atoms with Crippen molar-refractivity contribution in [3.63, 3.8) is 0 Å². The van der Waals surface area contributed by atoms with E-state index in [1.54, 1.807) is 7.11 Å². The quantitative estimate of drug-likeness (QED) is 0.342. The monoisotopic (exact) mass is 392 g/mol. The van der Waals surface area contributed by atoms with E-state index in [9.17, 15) is 0 Å². The number of rotatable bonds is 4. The topological polar surface area (TPSA) is 9.23 Å². The van der Waals surface area contributed by atoms with E-state index in [2.05, 4.69) is 106 Å². The molecule has 0 heterocycles. The Hall–Kier alpha value is -3.32. The van der Waals surface area contributed by atoms with Crippen LogP contribution in [-0.2, 0) is 5.41 Å². The van der Waals surface area contributed by atoms with E-state index in [1.807, 2.05) is 12.1 Å². The Bertz CT molecular complexity index is 1060. The minimum absolute atomic E-state index is 0.0471. The first kappa shape index (κ1) is 20.0. The average molecular weight is 393 g/mol. The van der Waals surface area contributed by atoms with Gasteiger partial charge in [0.2, 0.25) is 0 Å². The molecule has 0 fully saturated rings. The molecule has 4 aromatic carbocycles. The molecule has 1 heteroatoms. The zero-order valence-electron chi connectivity index (χ0n) is 18.1. The Morgan fingerprint density at radius 2 is 1.03 bits per heavy atom. The maximum Gasteiger partial charge on any atom is 0.118 e. The van der Waals surface area contributed by atoms with Gasteiger partial charge in [0.15, 0.2) is 0 Å². The predicted molar refractivity (Wildman–Crippen MR) is 128 cm³/mol. The van der Waals surface area contributed by atoms with Crippen molar-refractivity contribution < 1.29 is 4.74 Å². The molecule has 0 aliphatic carbocycles. The number of methoxy groups -OCH3 is 1. The third kappa shape index (κ3) is 4.02. The molecule has 4 rings (SSSR count). The second-order valence-corrected chi connectivity index (χ2v) is 8.66. The van der Waals surface area contributed by atoms with Gasteiger partial charge >= 0.3 is 0 Å². The molecule has 0 aliphatic rings. The van der Waals surface area contributed by atoms with E-state index in [4.69, 9.17) is 4.74 Å². The fraction of sp³-hybridized carbons (Fsp3) is 0.172. The molecule has 0 amide bonds. The van der Waals surface area contributed by atoms with Crippen LogP contribution in [0.3, 0.4) is 0 Å². The Kier molecular flexibility index (Phi) is 5.46. The lowest BCUT2D eigenvalue weighted by atomic mass is 9.79. The fourth-order valence-electron chi connectivity index (χ4n) is 3.83. The SMILES string of the molecule is COc1ccc(-c2c(-c3ccccc3)cc(C(C)(C)C)cc2-c2ccccc2)cc1. The molecule has 0 radical (unpaired) electrons. The third-order valence-corrected chi connectivity index (χ3v) is 5.55. The highest BCUT2D eigenvalue weighted by Crippen LogP contribution is 2.43. The maximum absolute atomic E-state index is 5.40. The minimum atomic E-state index is 0.0471. The summed E-state index contributed by atoms with van der Waals surface area (Å²) in [7, 11) is 1.71. The zero-order valence-corrected chi connectivity index (χ0v) is 18.1. The minimum Gasteiger partial charge on any atom is -0.497 e. The number of hydrogen-bond donors (Lipinski definition) is 0. The standard InChI is InChI=1S/C29H28O/c1-29(2,3)24-19-26(21-11-7-5-8-12-21)28(23-15-17-25(30-4)18-16-23)27(20-24)22-13-9-6-10-14-22/h5-20H,1-4H3. The molecule has 0 unspecified atom stereocenters.